The molecule has 0 bridgehead atoms. The fourth-order valence-corrected chi connectivity index (χ4v) is 2.55. The van der Waals surface area contributed by atoms with Gasteiger partial charge in [0.15, 0.2) is 0 Å². The fourth-order valence-electron chi connectivity index (χ4n) is 1.12. The van der Waals surface area contributed by atoms with Crippen LogP contribution < -0.4 is 0 Å². The number of hydrogen-bond acceptors (Lipinski definition) is 2. The predicted molar refractivity (Wildman–Crippen MR) is 68.3 cm³/mol. The second-order valence-electron chi connectivity index (χ2n) is 5.26. The Morgan fingerprint density at radius 2 is 1.67 bits per heavy atom. The monoisotopic (exact) mass is 232 g/mol. The highest BCUT2D eigenvalue weighted by Crippen LogP contribution is 2.12. The molecule has 0 aromatic rings. The van der Waals surface area contributed by atoms with Gasteiger partial charge >= 0.3 is 8.56 Å². The Labute approximate surface area is 96.6 Å². The van der Waals surface area contributed by atoms with E-state index in [1.807, 2.05) is 0 Å². The van der Waals surface area contributed by atoms with Crippen molar-refractivity contribution in [2.75, 3.05) is 13.2 Å². The summed E-state index contributed by atoms with van der Waals surface area (Å²) in [6.45, 7) is 14.8. The summed E-state index contributed by atoms with van der Waals surface area (Å²) in [6, 6.07) is 0. The smallest absolute Gasteiger partial charge is 0.331 e. The van der Waals surface area contributed by atoms with Gasteiger partial charge in [0.25, 0.3) is 0 Å². The molecule has 0 radical (unpaired) electrons. The number of hydrogen-bond donors (Lipinski definition) is 0. The molecule has 2 nitrogen and oxygen atoms in total. The minimum absolute atomic E-state index is 0.593. The molecule has 0 N–H and O–H groups in total. The molecule has 0 aliphatic heterocycles. The molecule has 0 aliphatic rings. The Morgan fingerprint density at radius 3 is 2.13 bits per heavy atom. The van der Waals surface area contributed by atoms with Crippen LogP contribution in [0.5, 0.6) is 0 Å². The lowest BCUT2D eigenvalue weighted by Crippen LogP contribution is -2.36. The highest BCUT2D eigenvalue weighted by atomic mass is 28.4. The third-order valence-electron chi connectivity index (χ3n) is 2.52. The van der Waals surface area contributed by atoms with Crippen LogP contribution >= 0.6 is 0 Å². The van der Waals surface area contributed by atoms with E-state index in [-0.39, 0.29) is 0 Å². The minimum Gasteiger partial charge on any atom is -0.394 e. The Balaban J connectivity index is 3.64. The molecule has 0 aliphatic carbocycles. The molecule has 1 unspecified atom stereocenters. The maximum atomic E-state index is 5.87. The SMILES string of the molecule is CCC(C)CCO[Si](C)(C)OCC(C)C. The van der Waals surface area contributed by atoms with E-state index in [9.17, 15) is 0 Å². The quantitative estimate of drug-likeness (QED) is 0.592. The van der Waals surface area contributed by atoms with E-state index in [0.29, 0.717) is 5.92 Å². The van der Waals surface area contributed by atoms with Gasteiger partial charge in [0.2, 0.25) is 0 Å². The summed E-state index contributed by atoms with van der Waals surface area (Å²) in [5, 5.41) is 0. The second-order valence-corrected chi connectivity index (χ2v) is 8.63. The van der Waals surface area contributed by atoms with E-state index in [2.05, 4.69) is 40.8 Å². The molecule has 0 spiro atoms. The van der Waals surface area contributed by atoms with Gasteiger partial charge in [-0.3, -0.25) is 0 Å². The molecular formula is C12H28O2Si. The van der Waals surface area contributed by atoms with Crippen molar-refractivity contribution in [2.24, 2.45) is 11.8 Å². The molecule has 0 amide bonds. The summed E-state index contributed by atoms with van der Waals surface area (Å²) < 4.78 is 11.7. The van der Waals surface area contributed by atoms with Crippen molar-refractivity contribution in [2.45, 2.75) is 53.6 Å². The summed E-state index contributed by atoms with van der Waals surface area (Å²) in [5.74, 6) is 1.36. The van der Waals surface area contributed by atoms with Crippen molar-refractivity contribution in [3.8, 4) is 0 Å². The molecule has 0 saturated heterocycles. The van der Waals surface area contributed by atoms with Crippen molar-refractivity contribution < 1.29 is 8.85 Å². The maximum Gasteiger partial charge on any atom is 0.331 e. The molecule has 0 saturated carbocycles. The summed E-state index contributed by atoms with van der Waals surface area (Å²) in [6.07, 6.45) is 2.39. The van der Waals surface area contributed by atoms with Crippen molar-refractivity contribution in [3.63, 3.8) is 0 Å². The molecule has 1 atom stereocenters. The molecule has 0 aromatic carbocycles. The molecule has 15 heavy (non-hydrogen) atoms. The normalized spacial score (nSPS) is 14.6. The van der Waals surface area contributed by atoms with E-state index in [0.717, 1.165) is 25.6 Å². The first-order chi connectivity index (χ1) is 6.87. The molecular weight excluding hydrogens is 204 g/mol. The van der Waals surface area contributed by atoms with Crippen LogP contribution in [0.1, 0.15) is 40.5 Å². The summed E-state index contributed by atoms with van der Waals surface area (Å²) in [7, 11) is -1.85. The van der Waals surface area contributed by atoms with E-state index in [1.165, 1.54) is 6.42 Å². The Morgan fingerprint density at radius 1 is 1.07 bits per heavy atom. The standard InChI is InChI=1S/C12H28O2Si/c1-7-12(4)8-9-13-15(5,6)14-10-11(2)3/h11-12H,7-10H2,1-6H3. The maximum absolute atomic E-state index is 5.87. The van der Waals surface area contributed by atoms with Crippen LogP contribution in [0.2, 0.25) is 13.1 Å². The van der Waals surface area contributed by atoms with Crippen molar-refractivity contribution in [1.29, 1.82) is 0 Å². The summed E-state index contributed by atoms with van der Waals surface area (Å²) >= 11 is 0. The molecule has 0 fully saturated rings. The van der Waals surface area contributed by atoms with Crippen LogP contribution in [-0.4, -0.2) is 21.8 Å². The fraction of sp³-hybridized carbons (Fsp3) is 1.00. The second kappa shape index (κ2) is 7.42. The van der Waals surface area contributed by atoms with E-state index in [4.69, 9.17) is 8.85 Å². The lowest BCUT2D eigenvalue weighted by molar-refractivity contribution is 0.154. The van der Waals surface area contributed by atoms with Crippen molar-refractivity contribution in [3.05, 3.63) is 0 Å². The van der Waals surface area contributed by atoms with Gasteiger partial charge in [0.05, 0.1) is 0 Å². The zero-order valence-corrected chi connectivity index (χ0v) is 12.3. The zero-order chi connectivity index (χ0) is 11.9. The average molecular weight is 232 g/mol. The average Bonchev–Trinajstić information content (AvgIpc) is 2.14. The third-order valence-corrected chi connectivity index (χ3v) is 4.28. The molecule has 0 aromatic heterocycles. The predicted octanol–water partition coefficient (Wildman–Crippen LogP) is 3.81. The van der Waals surface area contributed by atoms with Crippen LogP contribution in [0.3, 0.4) is 0 Å². The van der Waals surface area contributed by atoms with Gasteiger partial charge in [-0.25, -0.2) is 0 Å². The van der Waals surface area contributed by atoms with Crippen LogP contribution in [0.15, 0.2) is 0 Å². The summed E-state index contributed by atoms with van der Waals surface area (Å²) in [4.78, 5) is 0. The van der Waals surface area contributed by atoms with Crippen molar-refractivity contribution >= 4 is 8.56 Å². The van der Waals surface area contributed by atoms with Gasteiger partial charge in [-0.1, -0.05) is 34.1 Å². The summed E-state index contributed by atoms with van der Waals surface area (Å²) in [5.41, 5.74) is 0. The topological polar surface area (TPSA) is 18.5 Å². The van der Waals surface area contributed by atoms with E-state index in [1.54, 1.807) is 0 Å². The van der Waals surface area contributed by atoms with E-state index < -0.39 is 8.56 Å². The first-order valence-electron chi connectivity index (χ1n) is 6.15. The highest BCUT2D eigenvalue weighted by molar-refractivity contribution is 6.64. The van der Waals surface area contributed by atoms with Gasteiger partial charge in [-0.2, -0.15) is 0 Å². The van der Waals surface area contributed by atoms with Gasteiger partial charge < -0.3 is 8.85 Å². The van der Waals surface area contributed by atoms with Gasteiger partial charge in [0.1, 0.15) is 0 Å². The molecule has 92 valence electrons. The molecule has 3 heteroatoms. The largest absolute Gasteiger partial charge is 0.394 e. The van der Waals surface area contributed by atoms with Crippen LogP contribution in [-0.2, 0) is 8.85 Å². The Bertz CT molecular complexity index is 158. The molecule has 0 heterocycles. The zero-order valence-electron chi connectivity index (χ0n) is 11.3. The first-order valence-corrected chi connectivity index (χ1v) is 8.97. The number of rotatable bonds is 8. The third kappa shape index (κ3) is 9.09. The van der Waals surface area contributed by atoms with Crippen LogP contribution in [0.25, 0.3) is 0 Å². The first kappa shape index (κ1) is 15.1. The van der Waals surface area contributed by atoms with Gasteiger partial charge in [-0.05, 0) is 31.4 Å². The highest BCUT2D eigenvalue weighted by Gasteiger charge is 2.24. The van der Waals surface area contributed by atoms with Gasteiger partial charge in [-0.15, -0.1) is 0 Å². The van der Waals surface area contributed by atoms with Crippen molar-refractivity contribution in [1.82, 2.24) is 0 Å². The Hall–Kier alpha value is 0.137. The lowest BCUT2D eigenvalue weighted by atomic mass is 10.1. The van der Waals surface area contributed by atoms with E-state index >= 15 is 0 Å². The van der Waals surface area contributed by atoms with Gasteiger partial charge in [0, 0.05) is 13.2 Å². The Kier molecular flexibility index (Phi) is 7.48. The molecule has 0 rings (SSSR count). The minimum atomic E-state index is -1.85. The lowest BCUT2D eigenvalue weighted by Gasteiger charge is -2.24. The van der Waals surface area contributed by atoms with Crippen LogP contribution in [0, 0.1) is 11.8 Å². The van der Waals surface area contributed by atoms with Crippen LogP contribution in [0.4, 0.5) is 0 Å².